The van der Waals surface area contributed by atoms with Crippen LogP contribution >= 0.6 is 11.8 Å². The molecular formula is C17H25N3O2S. The maximum atomic E-state index is 12.3. The highest BCUT2D eigenvalue weighted by Crippen LogP contribution is 2.18. The molecule has 0 aliphatic carbocycles. The molecular weight excluding hydrogens is 310 g/mol. The minimum atomic E-state index is -0.0827. The van der Waals surface area contributed by atoms with Crippen molar-refractivity contribution < 1.29 is 9.59 Å². The lowest BCUT2D eigenvalue weighted by atomic mass is 10.0. The number of likely N-dealkylation sites (tertiary alicyclic amines) is 1. The van der Waals surface area contributed by atoms with Crippen LogP contribution in [0.2, 0.25) is 0 Å². The van der Waals surface area contributed by atoms with Gasteiger partial charge in [-0.05, 0) is 38.3 Å². The van der Waals surface area contributed by atoms with Crippen LogP contribution in [0.25, 0.3) is 0 Å². The minimum Gasteiger partial charge on any atom is -0.338 e. The van der Waals surface area contributed by atoms with E-state index in [0.717, 1.165) is 37.1 Å². The van der Waals surface area contributed by atoms with Crippen LogP contribution in [0.3, 0.4) is 0 Å². The van der Waals surface area contributed by atoms with Gasteiger partial charge in [0.05, 0.1) is 11.5 Å². The van der Waals surface area contributed by atoms with E-state index in [9.17, 15) is 9.59 Å². The van der Waals surface area contributed by atoms with E-state index in [1.54, 1.807) is 0 Å². The Morgan fingerprint density at radius 2 is 2.00 bits per heavy atom. The van der Waals surface area contributed by atoms with Gasteiger partial charge in [-0.25, -0.2) is 0 Å². The average molecular weight is 335 g/mol. The highest BCUT2D eigenvalue weighted by Gasteiger charge is 2.25. The number of piperidine rings is 1. The number of nitrogens with two attached hydrogens (primary N) is 1. The van der Waals surface area contributed by atoms with E-state index in [1.807, 2.05) is 36.1 Å². The maximum Gasteiger partial charge on any atom is 0.234 e. The molecule has 2 amide bonds. The Balaban J connectivity index is 1.72. The number of rotatable bonds is 6. The second-order valence-electron chi connectivity index (χ2n) is 5.88. The zero-order valence-corrected chi connectivity index (χ0v) is 14.4. The number of benzene rings is 1. The Kier molecular flexibility index (Phi) is 6.92. The van der Waals surface area contributed by atoms with Crippen LogP contribution in [0.4, 0.5) is 5.69 Å². The summed E-state index contributed by atoms with van der Waals surface area (Å²) in [7, 11) is 0. The van der Waals surface area contributed by atoms with E-state index < -0.39 is 0 Å². The molecule has 5 nitrogen and oxygen atoms in total. The Morgan fingerprint density at radius 1 is 1.26 bits per heavy atom. The summed E-state index contributed by atoms with van der Waals surface area (Å²) < 4.78 is 0. The first-order valence-corrected chi connectivity index (χ1v) is 9.19. The molecule has 23 heavy (non-hydrogen) atoms. The van der Waals surface area contributed by atoms with Gasteiger partial charge in [0.15, 0.2) is 0 Å². The second-order valence-corrected chi connectivity index (χ2v) is 6.87. The topological polar surface area (TPSA) is 75.4 Å². The maximum absolute atomic E-state index is 12.3. The van der Waals surface area contributed by atoms with Crippen molar-refractivity contribution in [3.63, 3.8) is 0 Å². The van der Waals surface area contributed by atoms with E-state index in [-0.39, 0.29) is 23.6 Å². The molecule has 0 radical (unpaired) electrons. The Bertz CT molecular complexity index is 533. The zero-order chi connectivity index (χ0) is 16.7. The predicted octanol–water partition coefficient (Wildman–Crippen LogP) is 2.01. The van der Waals surface area contributed by atoms with Crippen molar-refractivity contribution in [3.05, 3.63) is 29.8 Å². The number of hydrogen-bond acceptors (Lipinski definition) is 4. The van der Waals surface area contributed by atoms with Gasteiger partial charge in [-0.3, -0.25) is 9.59 Å². The van der Waals surface area contributed by atoms with E-state index in [1.165, 1.54) is 11.8 Å². The fourth-order valence-electron chi connectivity index (χ4n) is 2.72. The van der Waals surface area contributed by atoms with E-state index in [0.29, 0.717) is 12.3 Å². The van der Waals surface area contributed by atoms with Crippen molar-refractivity contribution in [2.24, 2.45) is 5.73 Å². The van der Waals surface area contributed by atoms with Crippen molar-refractivity contribution in [2.45, 2.75) is 32.2 Å². The number of anilines is 1. The van der Waals surface area contributed by atoms with Crippen LogP contribution in [0.5, 0.6) is 0 Å². The lowest BCUT2D eigenvalue weighted by Gasteiger charge is -2.35. The number of nitrogens with one attached hydrogen (secondary N) is 1. The van der Waals surface area contributed by atoms with Crippen molar-refractivity contribution in [1.29, 1.82) is 0 Å². The zero-order valence-electron chi connectivity index (χ0n) is 13.6. The summed E-state index contributed by atoms with van der Waals surface area (Å²) >= 11 is 1.35. The summed E-state index contributed by atoms with van der Waals surface area (Å²) in [5.74, 6) is 0.618. The molecule has 1 atom stereocenters. The molecule has 3 N–H and O–H groups in total. The van der Waals surface area contributed by atoms with E-state index in [4.69, 9.17) is 5.73 Å². The molecule has 1 aliphatic heterocycles. The Labute approximate surface area is 142 Å². The van der Waals surface area contributed by atoms with Gasteiger partial charge in [0.2, 0.25) is 11.8 Å². The second kappa shape index (κ2) is 8.93. The Morgan fingerprint density at radius 3 is 2.70 bits per heavy atom. The van der Waals surface area contributed by atoms with Crippen LogP contribution in [0, 0.1) is 6.92 Å². The molecule has 126 valence electrons. The van der Waals surface area contributed by atoms with Crippen LogP contribution in [-0.4, -0.2) is 47.4 Å². The normalized spacial score (nSPS) is 17.8. The van der Waals surface area contributed by atoms with Gasteiger partial charge in [0.1, 0.15) is 0 Å². The molecule has 1 fully saturated rings. The quantitative estimate of drug-likeness (QED) is 0.834. The Hall–Kier alpha value is -1.53. The molecule has 1 saturated heterocycles. The third-order valence-corrected chi connectivity index (χ3v) is 4.93. The lowest BCUT2D eigenvalue weighted by molar-refractivity contribution is -0.131. The SMILES string of the molecule is Cc1ccc(NC(=O)CSCC(=O)N2CCCCC2CN)cc1. The standard InChI is InChI=1S/C17H25N3O2S/c1-13-5-7-14(8-6-13)19-16(21)11-23-12-17(22)20-9-3-2-4-15(20)10-18/h5-8,15H,2-4,9-12,18H2,1H3,(H,19,21). The first kappa shape index (κ1) is 17.8. The average Bonchev–Trinajstić information content (AvgIpc) is 2.56. The van der Waals surface area contributed by atoms with Crippen LogP contribution < -0.4 is 11.1 Å². The van der Waals surface area contributed by atoms with Crippen molar-refractivity contribution in [2.75, 3.05) is 29.9 Å². The van der Waals surface area contributed by atoms with Gasteiger partial charge in [0, 0.05) is 24.8 Å². The predicted molar refractivity (Wildman–Crippen MR) is 95.5 cm³/mol. The van der Waals surface area contributed by atoms with Gasteiger partial charge >= 0.3 is 0 Å². The molecule has 1 unspecified atom stereocenters. The van der Waals surface area contributed by atoms with Crippen molar-refractivity contribution in [3.8, 4) is 0 Å². The molecule has 1 aromatic carbocycles. The summed E-state index contributed by atoms with van der Waals surface area (Å²) in [6.45, 7) is 3.31. The highest BCUT2D eigenvalue weighted by atomic mass is 32.2. The summed E-state index contributed by atoms with van der Waals surface area (Å²) in [5, 5.41) is 2.84. The van der Waals surface area contributed by atoms with E-state index >= 15 is 0 Å². The third kappa shape index (κ3) is 5.55. The monoisotopic (exact) mass is 335 g/mol. The molecule has 0 aromatic heterocycles. The van der Waals surface area contributed by atoms with Crippen LogP contribution in [-0.2, 0) is 9.59 Å². The van der Waals surface area contributed by atoms with Gasteiger partial charge in [0.25, 0.3) is 0 Å². The smallest absolute Gasteiger partial charge is 0.234 e. The molecule has 0 bridgehead atoms. The number of hydrogen-bond donors (Lipinski definition) is 2. The molecule has 0 spiro atoms. The molecule has 1 heterocycles. The van der Waals surface area contributed by atoms with Crippen molar-refractivity contribution in [1.82, 2.24) is 4.90 Å². The lowest BCUT2D eigenvalue weighted by Crippen LogP contribution is -2.48. The largest absolute Gasteiger partial charge is 0.338 e. The first-order valence-electron chi connectivity index (χ1n) is 8.04. The van der Waals surface area contributed by atoms with Gasteiger partial charge in [-0.1, -0.05) is 17.7 Å². The van der Waals surface area contributed by atoms with Gasteiger partial charge in [-0.15, -0.1) is 11.8 Å². The number of nitrogens with zero attached hydrogens (tertiary/aromatic N) is 1. The number of carbonyl (C=O) groups excluding carboxylic acids is 2. The van der Waals surface area contributed by atoms with Gasteiger partial charge < -0.3 is 16.0 Å². The summed E-state index contributed by atoms with van der Waals surface area (Å²) in [5.41, 5.74) is 7.68. The molecule has 1 aliphatic rings. The molecule has 2 rings (SSSR count). The number of thioether (sulfide) groups is 1. The summed E-state index contributed by atoms with van der Waals surface area (Å²) in [4.78, 5) is 26.0. The fraction of sp³-hybridized carbons (Fsp3) is 0.529. The molecule has 1 aromatic rings. The number of aryl methyl sites for hydroxylation is 1. The van der Waals surface area contributed by atoms with Crippen LogP contribution in [0.1, 0.15) is 24.8 Å². The van der Waals surface area contributed by atoms with Crippen molar-refractivity contribution >= 4 is 29.3 Å². The third-order valence-electron chi connectivity index (χ3n) is 4.01. The minimum absolute atomic E-state index is 0.0827. The number of carbonyl (C=O) groups is 2. The molecule has 6 heteroatoms. The van der Waals surface area contributed by atoms with E-state index in [2.05, 4.69) is 5.32 Å². The van der Waals surface area contributed by atoms with Crippen LogP contribution in [0.15, 0.2) is 24.3 Å². The fourth-order valence-corrected chi connectivity index (χ4v) is 3.42. The summed E-state index contributed by atoms with van der Waals surface area (Å²) in [6, 6.07) is 7.83. The number of amides is 2. The van der Waals surface area contributed by atoms with Gasteiger partial charge in [-0.2, -0.15) is 0 Å². The summed E-state index contributed by atoms with van der Waals surface area (Å²) in [6.07, 6.45) is 3.17. The molecule has 0 saturated carbocycles. The first-order chi connectivity index (χ1) is 11.1. The highest BCUT2D eigenvalue weighted by molar-refractivity contribution is 8.00.